The van der Waals surface area contributed by atoms with Crippen LogP contribution in [0.5, 0.6) is 0 Å². The molecule has 2 aliphatic heterocycles. The lowest BCUT2D eigenvalue weighted by atomic mass is 9.99. The molecule has 3 amide bonds. The Hall–Kier alpha value is -2.93. The van der Waals surface area contributed by atoms with Gasteiger partial charge >= 0.3 is 0 Å². The third-order valence-corrected chi connectivity index (χ3v) is 6.98. The zero-order valence-corrected chi connectivity index (χ0v) is 20.3. The molecular formula is C27H36N4O3. The van der Waals surface area contributed by atoms with Crippen LogP contribution in [0.15, 0.2) is 42.5 Å². The zero-order chi connectivity index (χ0) is 24.1. The van der Waals surface area contributed by atoms with Gasteiger partial charge in [0.2, 0.25) is 17.7 Å². The average Bonchev–Trinajstić information content (AvgIpc) is 3.38. The first-order valence-corrected chi connectivity index (χ1v) is 12.5. The monoisotopic (exact) mass is 464 g/mol. The Balaban J connectivity index is 1.32. The van der Waals surface area contributed by atoms with Crippen molar-refractivity contribution < 1.29 is 14.4 Å². The quantitative estimate of drug-likeness (QED) is 0.683. The first-order valence-electron chi connectivity index (χ1n) is 12.5. The summed E-state index contributed by atoms with van der Waals surface area (Å²) >= 11 is 0. The number of fused-ring (bicyclic) bond motifs is 1. The van der Waals surface area contributed by atoms with Gasteiger partial charge in [0.05, 0.1) is 13.0 Å². The molecule has 2 aliphatic rings. The van der Waals surface area contributed by atoms with E-state index in [2.05, 4.69) is 10.2 Å². The number of hydrogen-bond donors (Lipinski definition) is 1. The predicted molar refractivity (Wildman–Crippen MR) is 133 cm³/mol. The van der Waals surface area contributed by atoms with Crippen LogP contribution in [0.1, 0.15) is 32.3 Å². The van der Waals surface area contributed by atoms with Gasteiger partial charge in [-0.2, -0.15) is 0 Å². The molecular weight excluding hydrogens is 428 g/mol. The topological polar surface area (TPSA) is 73.0 Å². The first kappa shape index (κ1) is 24.2. The molecule has 0 unspecified atom stereocenters. The summed E-state index contributed by atoms with van der Waals surface area (Å²) in [6.07, 6.45) is 2.43. The first-order chi connectivity index (χ1) is 16.4. The number of nitrogens with one attached hydrogen (secondary N) is 1. The van der Waals surface area contributed by atoms with E-state index in [0.29, 0.717) is 32.7 Å². The van der Waals surface area contributed by atoms with Crippen molar-refractivity contribution >= 4 is 28.5 Å². The summed E-state index contributed by atoms with van der Waals surface area (Å²) in [5.74, 6) is 0.00168. The van der Waals surface area contributed by atoms with Crippen LogP contribution in [0.2, 0.25) is 0 Å². The third-order valence-electron chi connectivity index (χ3n) is 6.98. The highest BCUT2D eigenvalue weighted by Crippen LogP contribution is 2.19. The van der Waals surface area contributed by atoms with Crippen LogP contribution in [-0.4, -0.2) is 84.3 Å². The molecule has 2 saturated heterocycles. The van der Waals surface area contributed by atoms with Crippen LogP contribution in [0.3, 0.4) is 0 Å². The van der Waals surface area contributed by atoms with Gasteiger partial charge in [0.15, 0.2) is 0 Å². The third kappa shape index (κ3) is 5.76. The Morgan fingerprint density at radius 1 is 0.853 bits per heavy atom. The van der Waals surface area contributed by atoms with Crippen LogP contribution in [0.4, 0.5) is 0 Å². The van der Waals surface area contributed by atoms with Crippen molar-refractivity contribution in [2.75, 3.05) is 45.8 Å². The fourth-order valence-electron chi connectivity index (χ4n) is 4.94. The molecule has 0 aromatic heterocycles. The van der Waals surface area contributed by atoms with Crippen molar-refractivity contribution in [1.29, 1.82) is 0 Å². The number of rotatable bonds is 7. The van der Waals surface area contributed by atoms with E-state index in [-0.39, 0.29) is 30.1 Å². The van der Waals surface area contributed by atoms with Crippen molar-refractivity contribution in [2.45, 2.75) is 39.2 Å². The molecule has 0 radical (unpaired) electrons. The van der Waals surface area contributed by atoms with Crippen molar-refractivity contribution in [3.05, 3.63) is 48.0 Å². The maximum Gasteiger partial charge on any atom is 0.245 e. The number of nitrogens with zero attached hydrogens (tertiary/aromatic N) is 3. The second-order valence-corrected chi connectivity index (χ2v) is 9.79. The SMILES string of the molecule is CC(C)[C@@H](NC(=O)Cc1cccc2ccccc12)C(=O)N1CCN(CC(=O)N2CCCC2)CC1. The van der Waals surface area contributed by atoms with Gasteiger partial charge < -0.3 is 15.1 Å². The molecule has 34 heavy (non-hydrogen) atoms. The normalized spacial score (nSPS) is 17.9. The van der Waals surface area contributed by atoms with E-state index >= 15 is 0 Å². The van der Waals surface area contributed by atoms with Crippen LogP contribution < -0.4 is 5.32 Å². The molecule has 1 atom stereocenters. The second kappa shape index (κ2) is 11.0. The molecule has 2 fully saturated rings. The number of amides is 3. The van der Waals surface area contributed by atoms with Gasteiger partial charge in [-0.3, -0.25) is 19.3 Å². The van der Waals surface area contributed by atoms with Crippen LogP contribution in [-0.2, 0) is 20.8 Å². The number of carbonyl (C=O) groups is 3. The summed E-state index contributed by atoms with van der Waals surface area (Å²) in [6.45, 7) is 8.61. The van der Waals surface area contributed by atoms with Crippen molar-refractivity contribution in [3.8, 4) is 0 Å². The summed E-state index contributed by atoms with van der Waals surface area (Å²) in [5, 5.41) is 5.17. The highest BCUT2D eigenvalue weighted by atomic mass is 16.2. The lowest BCUT2D eigenvalue weighted by Crippen LogP contribution is -2.57. The van der Waals surface area contributed by atoms with Gasteiger partial charge in [0, 0.05) is 39.3 Å². The zero-order valence-electron chi connectivity index (χ0n) is 20.3. The molecule has 0 bridgehead atoms. The summed E-state index contributed by atoms with van der Waals surface area (Å²) in [7, 11) is 0. The molecule has 1 N–H and O–H groups in total. The number of carbonyl (C=O) groups excluding carboxylic acids is 3. The van der Waals surface area contributed by atoms with E-state index < -0.39 is 6.04 Å². The lowest BCUT2D eigenvalue weighted by Gasteiger charge is -2.37. The summed E-state index contributed by atoms with van der Waals surface area (Å²) < 4.78 is 0. The van der Waals surface area contributed by atoms with E-state index in [1.54, 1.807) is 0 Å². The largest absolute Gasteiger partial charge is 0.344 e. The highest BCUT2D eigenvalue weighted by Gasteiger charge is 2.31. The molecule has 2 aromatic carbocycles. The number of hydrogen-bond acceptors (Lipinski definition) is 4. The van der Waals surface area contributed by atoms with Gasteiger partial charge in [-0.1, -0.05) is 56.3 Å². The molecule has 2 heterocycles. The van der Waals surface area contributed by atoms with Gasteiger partial charge in [0.1, 0.15) is 6.04 Å². The van der Waals surface area contributed by atoms with Gasteiger partial charge in [0.25, 0.3) is 0 Å². The van der Waals surface area contributed by atoms with Crippen LogP contribution in [0, 0.1) is 5.92 Å². The Labute approximate surface area is 202 Å². The highest BCUT2D eigenvalue weighted by molar-refractivity contribution is 5.92. The maximum absolute atomic E-state index is 13.3. The van der Waals surface area contributed by atoms with Gasteiger partial charge in [-0.15, -0.1) is 0 Å². The fraction of sp³-hybridized carbons (Fsp3) is 0.519. The van der Waals surface area contributed by atoms with Crippen LogP contribution in [0.25, 0.3) is 10.8 Å². The van der Waals surface area contributed by atoms with E-state index in [4.69, 9.17) is 0 Å². The minimum absolute atomic E-state index is 0.0151. The molecule has 2 aromatic rings. The Morgan fingerprint density at radius 3 is 2.24 bits per heavy atom. The molecule has 4 rings (SSSR count). The molecule has 182 valence electrons. The summed E-state index contributed by atoms with van der Waals surface area (Å²) in [6, 6.07) is 13.4. The fourth-order valence-corrected chi connectivity index (χ4v) is 4.94. The Kier molecular flexibility index (Phi) is 7.83. The van der Waals surface area contributed by atoms with Crippen molar-refractivity contribution in [2.24, 2.45) is 5.92 Å². The summed E-state index contributed by atoms with van der Waals surface area (Å²) in [4.78, 5) is 44.6. The smallest absolute Gasteiger partial charge is 0.245 e. The predicted octanol–water partition coefficient (Wildman–Crippen LogP) is 2.29. The van der Waals surface area contributed by atoms with E-state index in [1.165, 1.54) is 0 Å². The molecule has 0 spiro atoms. The minimum Gasteiger partial charge on any atom is -0.344 e. The van der Waals surface area contributed by atoms with Gasteiger partial charge in [-0.05, 0) is 35.1 Å². The van der Waals surface area contributed by atoms with E-state index in [9.17, 15) is 14.4 Å². The van der Waals surface area contributed by atoms with Crippen molar-refractivity contribution in [3.63, 3.8) is 0 Å². The Bertz CT molecular complexity index is 1020. The number of piperazine rings is 1. The lowest BCUT2D eigenvalue weighted by molar-refractivity contribution is -0.139. The average molecular weight is 465 g/mol. The Morgan fingerprint density at radius 2 is 1.53 bits per heavy atom. The van der Waals surface area contributed by atoms with Crippen molar-refractivity contribution in [1.82, 2.24) is 20.0 Å². The van der Waals surface area contributed by atoms with Crippen LogP contribution >= 0.6 is 0 Å². The number of likely N-dealkylation sites (tertiary alicyclic amines) is 1. The van der Waals surface area contributed by atoms with Gasteiger partial charge in [-0.25, -0.2) is 0 Å². The molecule has 0 saturated carbocycles. The number of benzene rings is 2. The van der Waals surface area contributed by atoms with E-state index in [1.807, 2.05) is 66.1 Å². The standard InChI is InChI=1S/C27H36N4O3/c1-20(2)26(28-24(32)18-22-10-7-9-21-8-3-4-11-23(21)22)27(34)31-16-14-29(15-17-31)19-25(33)30-12-5-6-13-30/h3-4,7-11,20,26H,5-6,12-19H2,1-2H3,(H,28,32)/t26-/m1/s1. The van der Waals surface area contributed by atoms with E-state index in [0.717, 1.165) is 42.3 Å². The molecule has 0 aliphatic carbocycles. The molecule has 7 nitrogen and oxygen atoms in total. The second-order valence-electron chi connectivity index (χ2n) is 9.79. The maximum atomic E-state index is 13.3. The summed E-state index contributed by atoms with van der Waals surface area (Å²) in [5.41, 5.74) is 0.960. The minimum atomic E-state index is -0.555. The molecule has 7 heteroatoms.